The molecule has 6 aromatic carbocycles. The Morgan fingerprint density at radius 1 is 0.647 bits per heavy atom. The lowest BCUT2D eigenvalue weighted by Crippen LogP contribution is -2.48. The minimum Gasteiger partial charge on any atom is -0.497 e. The van der Waals surface area contributed by atoms with E-state index < -0.39 is 10.0 Å². The number of methoxy groups -OCH3 is 1. The van der Waals surface area contributed by atoms with Crippen LogP contribution in [0, 0.1) is 5.82 Å². The first-order chi connectivity index (χ1) is 33.0. The van der Waals surface area contributed by atoms with Gasteiger partial charge >= 0.3 is 0 Å². The topological polar surface area (TPSA) is 124 Å². The number of nitrogens with one attached hydrogen (secondary N) is 1. The van der Waals surface area contributed by atoms with Crippen LogP contribution in [-0.2, 0) is 30.2 Å². The number of imidazole rings is 1. The van der Waals surface area contributed by atoms with Crippen molar-refractivity contribution in [2.75, 3.05) is 78.9 Å². The molecule has 0 unspecified atom stereocenters. The number of carbonyl (C=O) groups is 2. The number of para-hydroxylation sites is 2. The third-order valence-corrected chi connectivity index (χ3v) is 13.7. The van der Waals surface area contributed by atoms with E-state index in [2.05, 4.69) is 44.4 Å². The third-order valence-electron chi connectivity index (χ3n) is 12.0. The van der Waals surface area contributed by atoms with E-state index >= 15 is 0 Å². The van der Waals surface area contributed by atoms with Crippen molar-refractivity contribution < 1.29 is 27.1 Å². The van der Waals surface area contributed by atoms with Crippen molar-refractivity contribution in [1.82, 2.24) is 19.4 Å². The number of rotatable bonds is 13. The highest BCUT2D eigenvalue weighted by molar-refractivity contribution is 7.92. The smallest absolute Gasteiger partial charge is 0.283 e. The minimum absolute atomic E-state index is 0.0515. The van der Waals surface area contributed by atoms with Gasteiger partial charge in [-0.05, 0) is 108 Å². The van der Waals surface area contributed by atoms with Crippen LogP contribution >= 0.6 is 0 Å². The van der Waals surface area contributed by atoms with Gasteiger partial charge in [-0.15, -0.1) is 0 Å². The van der Waals surface area contributed by atoms with E-state index in [-0.39, 0.29) is 29.2 Å². The van der Waals surface area contributed by atoms with E-state index in [9.17, 15) is 22.4 Å². The van der Waals surface area contributed by atoms with Gasteiger partial charge in [0.05, 0.1) is 25.7 Å². The van der Waals surface area contributed by atoms with E-state index in [1.54, 1.807) is 61.2 Å². The number of aryl methyl sites for hydroxylation is 1. The Balaban J connectivity index is 0.000000192. The van der Waals surface area contributed by atoms with Crippen molar-refractivity contribution in [2.45, 2.75) is 18.1 Å². The minimum atomic E-state index is -3.98. The molecule has 2 saturated heterocycles. The maximum absolute atomic E-state index is 13.7. The van der Waals surface area contributed by atoms with Crippen LogP contribution in [0.3, 0.4) is 0 Å². The Kier molecular flexibility index (Phi) is 15.0. The van der Waals surface area contributed by atoms with Gasteiger partial charge < -0.3 is 34.2 Å². The molecule has 0 aliphatic carbocycles. The van der Waals surface area contributed by atoms with E-state index in [1.165, 1.54) is 34.6 Å². The van der Waals surface area contributed by atoms with Crippen LogP contribution in [0.1, 0.15) is 31.8 Å². The fourth-order valence-corrected chi connectivity index (χ4v) is 9.64. The number of anilines is 4. The summed E-state index contributed by atoms with van der Waals surface area (Å²) in [6.07, 6.45) is 2.93. The van der Waals surface area contributed by atoms with Gasteiger partial charge in [0.2, 0.25) is 0 Å². The van der Waals surface area contributed by atoms with Crippen LogP contribution in [0.4, 0.5) is 27.1 Å². The summed E-state index contributed by atoms with van der Waals surface area (Å²) in [7, 11) is -0.688. The van der Waals surface area contributed by atoms with E-state index in [4.69, 9.17) is 4.74 Å². The van der Waals surface area contributed by atoms with Crippen LogP contribution in [0.15, 0.2) is 175 Å². The molecule has 0 bridgehead atoms. The number of benzene rings is 6. The number of ether oxygens (including phenoxy) is 1. The lowest BCUT2D eigenvalue weighted by Gasteiger charge is -2.36. The van der Waals surface area contributed by atoms with Crippen molar-refractivity contribution >= 4 is 44.6 Å². The second-order valence-electron chi connectivity index (χ2n) is 16.6. The summed E-state index contributed by atoms with van der Waals surface area (Å²) >= 11 is 0. The predicted octanol–water partition coefficient (Wildman–Crippen LogP) is 8.19. The highest BCUT2D eigenvalue weighted by Crippen LogP contribution is 2.28. The number of carbonyl (C=O) groups excluding carboxylic acids is 2. The fraction of sp³-hybridized carbons (Fsp3) is 0.226. The second-order valence-corrected chi connectivity index (χ2v) is 18.4. The maximum Gasteiger partial charge on any atom is 0.283 e. The first-order valence-electron chi connectivity index (χ1n) is 22.5. The van der Waals surface area contributed by atoms with Gasteiger partial charge in [-0.3, -0.25) is 13.9 Å². The van der Waals surface area contributed by atoms with Crippen molar-refractivity contribution in [1.29, 1.82) is 0 Å². The molecule has 1 N–H and O–H groups in total. The van der Waals surface area contributed by atoms with Crippen molar-refractivity contribution in [3.05, 3.63) is 198 Å². The molecule has 1 aromatic heterocycles. The Morgan fingerprint density at radius 3 is 1.69 bits per heavy atom. The zero-order valence-electron chi connectivity index (χ0n) is 38.2. The SMILES string of the molecule is COc1cccc(CN(c2ccc(C(=O)N3CCN(c4ccccc4)CC3)cc2)S(=O)(=O)c2cn(C)cn2)c1.O=C(c1ccc(NCc2cccc(F)c2)cc1)N1CCN(c2ccccc2)CC1. The summed E-state index contributed by atoms with van der Waals surface area (Å²) in [5.41, 5.74) is 6.53. The summed E-state index contributed by atoms with van der Waals surface area (Å²) in [4.78, 5) is 38.5. The highest BCUT2D eigenvalue weighted by Gasteiger charge is 2.29. The highest BCUT2D eigenvalue weighted by atomic mass is 32.2. The average molecular weight is 935 g/mol. The Bertz CT molecular complexity index is 2870. The fourth-order valence-electron chi connectivity index (χ4n) is 8.22. The van der Waals surface area contributed by atoms with Crippen molar-refractivity contribution in [3.63, 3.8) is 0 Å². The van der Waals surface area contributed by atoms with Gasteiger partial charge in [0, 0.05) is 100 Å². The molecular formula is C53H55FN8O5S. The van der Waals surface area contributed by atoms with E-state index in [1.807, 2.05) is 88.7 Å². The lowest BCUT2D eigenvalue weighted by atomic mass is 10.1. The van der Waals surface area contributed by atoms with Gasteiger partial charge in [0.25, 0.3) is 21.8 Å². The normalized spacial score (nSPS) is 13.9. The molecule has 350 valence electrons. The maximum atomic E-state index is 13.7. The standard InChI is InChI=1S/C29H31N5O4S.C24H24FN3O/c1-31-21-28(30-22-31)39(36,37)34(20-23-7-6-10-27(19-23)38-2)26-13-11-24(12-14-26)29(35)33-17-15-32(16-18-33)25-8-4-3-5-9-25;25-21-6-4-5-19(17-21)18-26-22-11-9-20(10-12-22)24(29)28-15-13-27(14-16-28)23-7-2-1-3-8-23/h3-14,19,21-22H,15-18,20H2,1-2H3;1-12,17,26H,13-16,18H2. The Hall–Kier alpha value is -7.65. The van der Waals surface area contributed by atoms with E-state index in [0.29, 0.717) is 55.3 Å². The number of hydrogen-bond donors (Lipinski definition) is 1. The number of amides is 2. The molecule has 15 heteroatoms. The average Bonchev–Trinajstić information content (AvgIpc) is 3.85. The van der Waals surface area contributed by atoms with Gasteiger partial charge in [0.1, 0.15) is 11.6 Å². The monoisotopic (exact) mass is 934 g/mol. The van der Waals surface area contributed by atoms with Crippen LogP contribution in [0.2, 0.25) is 0 Å². The molecule has 7 aromatic rings. The van der Waals surface area contributed by atoms with Gasteiger partial charge in [0.15, 0.2) is 5.03 Å². The molecule has 0 atom stereocenters. The second kappa shape index (κ2) is 21.8. The zero-order valence-corrected chi connectivity index (χ0v) is 39.0. The quantitative estimate of drug-likeness (QED) is 0.122. The molecule has 0 saturated carbocycles. The van der Waals surface area contributed by atoms with Crippen molar-refractivity contribution in [2.24, 2.45) is 7.05 Å². The van der Waals surface area contributed by atoms with E-state index in [0.717, 1.165) is 48.7 Å². The molecule has 0 radical (unpaired) electrons. The van der Waals surface area contributed by atoms with Gasteiger partial charge in [-0.2, -0.15) is 8.42 Å². The molecule has 2 amide bonds. The van der Waals surface area contributed by atoms with Gasteiger partial charge in [-0.25, -0.2) is 9.37 Å². The summed E-state index contributed by atoms with van der Waals surface area (Å²) in [6.45, 7) is 6.45. The van der Waals surface area contributed by atoms with Crippen LogP contribution in [0.5, 0.6) is 5.75 Å². The number of piperazine rings is 2. The number of halogens is 1. The van der Waals surface area contributed by atoms with Crippen molar-refractivity contribution in [3.8, 4) is 5.75 Å². The molecule has 2 aliphatic rings. The van der Waals surface area contributed by atoms with Crippen LogP contribution in [0.25, 0.3) is 0 Å². The predicted molar refractivity (Wildman–Crippen MR) is 265 cm³/mol. The summed E-state index contributed by atoms with van der Waals surface area (Å²) in [5, 5.41) is 3.21. The Morgan fingerprint density at radius 2 is 1.18 bits per heavy atom. The molecule has 68 heavy (non-hydrogen) atoms. The Labute approximate surface area is 397 Å². The molecule has 0 spiro atoms. The molecule has 2 aliphatic heterocycles. The molecular weight excluding hydrogens is 880 g/mol. The number of nitrogens with zero attached hydrogens (tertiary/aromatic N) is 7. The molecule has 3 heterocycles. The largest absolute Gasteiger partial charge is 0.497 e. The first-order valence-corrected chi connectivity index (χ1v) is 24.0. The summed E-state index contributed by atoms with van der Waals surface area (Å²) < 4.78 is 48.8. The molecule has 13 nitrogen and oxygen atoms in total. The molecule has 9 rings (SSSR count). The van der Waals surface area contributed by atoms with Crippen LogP contribution in [-0.4, -0.2) is 99.1 Å². The number of sulfonamides is 1. The van der Waals surface area contributed by atoms with Gasteiger partial charge in [-0.1, -0.05) is 60.7 Å². The van der Waals surface area contributed by atoms with Crippen LogP contribution < -0.4 is 24.2 Å². The summed E-state index contributed by atoms with van der Waals surface area (Å²) in [6, 6.07) is 48.5. The number of aromatic nitrogens is 2. The third kappa shape index (κ3) is 11.6. The number of hydrogen-bond acceptors (Lipinski definition) is 9. The first kappa shape index (κ1) is 46.9. The summed E-state index contributed by atoms with van der Waals surface area (Å²) in [5.74, 6) is 0.393. The molecule has 2 fully saturated rings. The lowest BCUT2D eigenvalue weighted by molar-refractivity contribution is 0.0739. The zero-order chi connectivity index (χ0) is 47.5.